The molecule has 2 aromatic carbocycles. The Hall–Kier alpha value is -3.35. The number of fused-ring (bicyclic) bond motifs is 3. The number of carbonyl (C=O) groups is 3. The molecule has 0 aromatic heterocycles. The molecule has 35 heavy (non-hydrogen) atoms. The van der Waals surface area contributed by atoms with Gasteiger partial charge in [-0.3, -0.25) is 9.59 Å². The van der Waals surface area contributed by atoms with Crippen LogP contribution in [0, 0.1) is 5.92 Å². The van der Waals surface area contributed by atoms with Crippen molar-refractivity contribution in [1.82, 2.24) is 10.6 Å². The molecule has 2 aliphatic carbocycles. The molecule has 3 atom stereocenters. The molecular formula is C28H34N2O5. The van der Waals surface area contributed by atoms with Crippen molar-refractivity contribution >= 4 is 18.0 Å². The summed E-state index contributed by atoms with van der Waals surface area (Å²) in [4.78, 5) is 36.6. The van der Waals surface area contributed by atoms with Crippen LogP contribution in [0.15, 0.2) is 48.5 Å². The van der Waals surface area contributed by atoms with E-state index in [1.54, 1.807) is 0 Å². The van der Waals surface area contributed by atoms with Crippen LogP contribution in [0.1, 0.15) is 68.9 Å². The SMILES string of the molecule is CCC[C@H](CC(=O)N[C@@H]1CCC[C@H](C(=O)O)C1)NC(=O)OCC1c2ccccc2-c2ccccc21. The van der Waals surface area contributed by atoms with Crippen LogP contribution in [0.5, 0.6) is 0 Å². The molecule has 7 nitrogen and oxygen atoms in total. The minimum absolute atomic E-state index is 0.0189. The fraction of sp³-hybridized carbons (Fsp3) is 0.464. The van der Waals surface area contributed by atoms with Gasteiger partial charge < -0.3 is 20.5 Å². The average Bonchev–Trinajstić information content (AvgIpc) is 3.16. The molecule has 0 saturated heterocycles. The van der Waals surface area contributed by atoms with Gasteiger partial charge in [0.25, 0.3) is 0 Å². The molecule has 0 bridgehead atoms. The summed E-state index contributed by atoms with van der Waals surface area (Å²) in [6, 6.07) is 15.9. The van der Waals surface area contributed by atoms with Crippen molar-refractivity contribution in [3.63, 3.8) is 0 Å². The molecule has 7 heteroatoms. The van der Waals surface area contributed by atoms with Crippen molar-refractivity contribution in [2.45, 2.75) is 69.9 Å². The van der Waals surface area contributed by atoms with Gasteiger partial charge in [-0.2, -0.15) is 0 Å². The summed E-state index contributed by atoms with van der Waals surface area (Å²) in [5, 5.41) is 15.1. The Kier molecular flexibility index (Phi) is 8.06. The number of alkyl carbamates (subject to hydrolysis) is 1. The van der Waals surface area contributed by atoms with Crippen molar-refractivity contribution in [3.05, 3.63) is 59.7 Å². The number of carboxylic acids is 1. The van der Waals surface area contributed by atoms with E-state index in [0.29, 0.717) is 19.3 Å². The fourth-order valence-electron chi connectivity index (χ4n) is 5.44. The zero-order chi connectivity index (χ0) is 24.8. The predicted octanol–water partition coefficient (Wildman–Crippen LogP) is 4.84. The molecule has 2 amide bonds. The van der Waals surface area contributed by atoms with Gasteiger partial charge >= 0.3 is 12.1 Å². The largest absolute Gasteiger partial charge is 0.481 e. The van der Waals surface area contributed by atoms with E-state index < -0.39 is 18.0 Å². The third-order valence-electron chi connectivity index (χ3n) is 7.12. The Morgan fingerprint density at radius 1 is 1.03 bits per heavy atom. The van der Waals surface area contributed by atoms with Gasteiger partial charge in [0.15, 0.2) is 0 Å². The number of rotatable bonds is 9. The second-order valence-electron chi connectivity index (χ2n) is 9.63. The number of carbonyl (C=O) groups excluding carboxylic acids is 2. The van der Waals surface area contributed by atoms with Crippen molar-refractivity contribution in [2.24, 2.45) is 5.92 Å². The van der Waals surface area contributed by atoms with Gasteiger partial charge in [-0.25, -0.2) is 4.79 Å². The molecule has 3 N–H and O–H groups in total. The third kappa shape index (κ3) is 6.02. The van der Waals surface area contributed by atoms with Crippen molar-refractivity contribution < 1.29 is 24.2 Å². The number of amides is 2. The zero-order valence-electron chi connectivity index (χ0n) is 20.2. The highest BCUT2D eigenvalue weighted by atomic mass is 16.5. The number of aliphatic carboxylic acids is 1. The molecule has 1 fully saturated rings. The number of hydrogen-bond donors (Lipinski definition) is 3. The zero-order valence-corrected chi connectivity index (χ0v) is 20.2. The summed E-state index contributed by atoms with van der Waals surface area (Å²) in [6.07, 6.45) is 3.77. The lowest BCUT2D eigenvalue weighted by atomic mass is 9.85. The standard InChI is InChI=1S/C28H34N2O5/c1-2-8-19(16-26(31)29-20-10-7-9-18(15-20)27(32)33)30-28(34)35-17-25-23-13-5-3-11-21(23)22-12-4-6-14-24(22)25/h3-6,11-14,18-20,25H,2,7-10,15-17H2,1H3,(H,29,31)(H,30,34)(H,32,33)/t18-,19+,20+/m0/s1. The predicted molar refractivity (Wildman–Crippen MR) is 133 cm³/mol. The van der Waals surface area contributed by atoms with E-state index in [4.69, 9.17) is 4.74 Å². The number of hydrogen-bond acceptors (Lipinski definition) is 4. The third-order valence-corrected chi connectivity index (χ3v) is 7.12. The second-order valence-corrected chi connectivity index (χ2v) is 9.63. The molecule has 0 spiro atoms. The molecular weight excluding hydrogens is 444 g/mol. The lowest BCUT2D eigenvalue weighted by Crippen LogP contribution is -2.44. The second kappa shape index (κ2) is 11.4. The lowest BCUT2D eigenvalue weighted by Gasteiger charge is -2.28. The molecule has 0 aliphatic heterocycles. The molecule has 1 saturated carbocycles. The van der Waals surface area contributed by atoms with E-state index in [0.717, 1.165) is 30.4 Å². The summed E-state index contributed by atoms with van der Waals surface area (Å²) in [5.74, 6) is -1.39. The highest BCUT2D eigenvalue weighted by molar-refractivity contribution is 5.80. The van der Waals surface area contributed by atoms with Crippen LogP contribution in [0.2, 0.25) is 0 Å². The summed E-state index contributed by atoms with van der Waals surface area (Å²) < 4.78 is 5.64. The molecule has 0 radical (unpaired) electrons. The summed E-state index contributed by atoms with van der Waals surface area (Å²) in [5.41, 5.74) is 4.65. The highest BCUT2D eigenvalue weighted by Crippen LogP contribution is 2.44. The Labute approximate surface area is 206 Å². The number of benzene rings is 2. The molecule has 2 aromatic rings. The molecule has 0 heterocycles. The quantitative estimate of drug-likeness (QED) is 0.478. The van der Waals surface area contributed by atoms with Crippen LogP contribution in [0.3, 0.4) is 0 Å². The van der Waals surface area contributed by atoms with Crippen LogP contribution in [0.4, 0.5) is 4.79 Å². The van der Waals surface area contributed by atoms with Crippen molar-refractivity contribution in [3.8, 4) is 11.1 Å². The van der Waals surface area contributed by atoms with Gasteiger partial charge in [0.05, 0.1) is 5.92 Å². The molecule has 0 unspecified atom stereocenters. The van der Waals surface area contributed by atoms with Gasteiger partial charge in [-0.1, -0.05) is 68.3 Å². The van der Waals surface area contributed by atoms with E-state index in [1.165, 1.54) is 11.1 Å². The fourth-order valence-corrected chi connectivity index (χ4v) is 5.44. The minimum Gasteiger partial charge on any atom is -0.481 e. The Morgan fingerprint density at radius 2 is 1.69 bits per heavy atom. The van der Waals surface area contributed by atoms with Gasteiger partial charge in [0.2, 0.25) is 5.91 Å². The van der Waals surface area contributed by atoms with Crippen LogP contribution < -0.4 is 10.6 Å². The first-order valence-corrected chi connectivity index (χ1v) is 12.6. The van der Waals surface area contributed by atoms with E-state index in [9.17, 15) is 19.5 Å². The first-order chi connectivity index (χ1) is 17.0. The van der Waals surface area contributed by atoms with Crippen LogP contribution >= 0.6 is 0 Å². The van der Waals surface area contributed by atoms with E-state index in [-0.39, 0.29) is 36.9 Å². The van der Waals surface area contributed by atoms with Crippen molar-refractivity contribution in [2.75, 3.05) is 6.61 Å². The summed E-state index contributed by atoms with van der Waals surface area (Å²) in [6.45, 7) is 2.23. The van der Waals surface area contributed by atoms with Crippen LogP contribution in [-0.2, 0) is 14.3 Å². The Morgan fingerprint density at radius 3 is 2.31 bits per heavy atom. The van der Waals surface area contributed by atoms with Gasteiger partial charge in [0.1, 0.15) is 6.61 Å². The smallest absolute Gasteiger partial charge is 0.407 e. The molecule has 4 rings (SSSR count). The molecule has 186 valence electrons. The number of ether oxygens (including phenoxy) is 1. The van der Waals surface area contributed by atoms with Crippen LogP contribution in [-0.4, -0.2) is 41.8 Å². The lowest BCUT2D eigenvalue weighted by molar-refractivity contribution is -0.143. The summed E-state index contributed by atoms with van der Waals surface area (Å²) in [7, 11) is 0. The van der Waals surface area contributed by atoms with Gasteiger partial charge in [-0.05, 0) is 47.9 Å². The number of carboxylic acid groups (broad SMARTS) is 1. The van der Waals surface area contributed by atoms with Gasteiger partial charge in [-0.15, -0.1) is 0 Å². The van der Waals surface area contributed by atoms with Gasteiger partial charge in [0, 0.05) is 24.4 Å². The maximum atomic E-state index is 12.7. The Balaban J connectivity index is 1.31. The van der Waals surface area contributed by atoms with E-state index in [2.05, 4.69) is 34.9 Å². The first kappa shape index (κ1) is 24.8. The average molecular weight is 479 g/mol. The maximum Gasteiger partial charge on any atom is 0.407 e. The van der Waals surface area contributed by atoms with E-state index >= 15 is 0 Å². The number of nitrogens with one attached hydrogen (secondary N) is 2. The monoisotopic (exact) mass is 478 g/mol. The first-order valence-electron chi connectivity index (χ1n) is 12.6. The topological polar surface area (TPSA) is 105 Å². The van der Waals surface area contributed by atoms with Crippen LogP contribution in [0.25, 0.3) is 11.1 Å². The highest BCUT2D eigenvalue weighted by Gasteiger charge is 2.30. The minimum atomic E-state index is -0.801. The Bertz CT molecular complexity index is 1020. The molecule has 2 aliphatic rings. The van der Waals surface area contributed by atoms with E-state index in [1.807, 2.05) is 31.2 Å². The van der Waals surface area contributed by atoms with Crippen molar-refractivity contribution in [1.29, 1.82) is 0 Å². The summed E-state index contributed by atoms with van der Waals surface area (Å²) >= 11 is 0. The maximum absolute atomic E-state index is 12.7. The normalized spacial score (nSPS) is 19.8.